The molecule has 3 aromatic heterocycles. The van der Waals surface area contributed by atoms with Crippen molar-refractivity contribution in [1.82, 2.24) is 24.5 Å². The van der Waals surface area contributed by atoms with E-state index in [0.29, 0.717) is 29.6 Å². The first-order valence-corrected chi connectivity index (χ1v) is 14.5. The molecule has 1 saturated heterocycles. The number of nitrogens with zero attached hydrogens (tertiary/aromatic N) is 5. The van der Waals surface area contributed by atoms with Gasteiger partial charge in [0.15, 0.2) is 9.84 Å². The van der Waals surface area contributed by atoms with Crippen molar-refractivity contribution in [2.75, 3.05) is 19.5 Å². The third-order valence-corrected chi connectivity index (χ3v) is 8.59. The van der Waals surface area contributed by atoms with Gasteiger partial charge in [0.25, 0.3) is 0 Å². The molecule has 5 aromatic rings. The minimum atomic E-state index is -3.65. The van der Waals surface area contributed by atoms with Crippen molar-refractivity contribution in [1.29, 1.82) is 0 Å². The highest BCUT2D eigenvalue weighted by atomic mass is 32.2. The van der Waals surface area contributed by atoms with Gasteiger partial charge >= 0.3 is 0 Å². The lowest BCUT2D eigenvalue weighted by atomic mass is 9.86. The highest BCUT2D eigenvalue weighted by Gasteiger charge is 2.31. The summed E-state index contributed by atoms with van der Waals surface area (Å²) in [5.41, 5.74) is 5.15. The van der Waals surface area contributed by atoms with Gasteiger partial charge in [-0.05, 0) is 49.4 Å². The molecule has 196 valence electrons. The number of hydrogen-bond donors (Lipinski definition) is 0. The lowest BCUT2D eigenvalue weighted by molar-refractivity contribution is 0.0552. The Labute approximate surface area is 220 Å². The fourth-order valence-corrected chi connectivity index (χ4v) is 6.41. The molecular weight excluding hydrogens is 505 g/mol. The third-order valence-electron chi connectivity index (χ3n) is 7.49. The average Bonchev–Trinajstić information content (AvgIpc) is 3.41. The molecule has 0 N–H and O–H groups in total. The van der Waals surface area contributed by atoms with Gasteiger partial charge in [0.05, 0.1) is 44.3 Å². The molecule has 0 radical (unpaired) electrons. The molecule has 0 saturated carbocycles. The molecule has 1 aliphatic heterocycles. The van der Waals surface area contributed by atoms with Crippen LogP contribution in [-0.2, 0) is 21.6 Å². The van der Waals surface area contributed by atoms with Crippen LogP contribution >= 0.6 is 0 Å². The second kappa shape index (κ2) is 9.28. The van der Waals surface area contributed by atoms with Crippen LogP contribution in [0.15, 0.2) is 59.6 Å². The number of aromatic nitrogens is 5. The first-order chi connectivity index (χ1) is 18.2. The Kier molecular flexibility index (Phi) is 6.03. The quantitative estimate of drug-likeness (QED) is 0.321. The van der Waals surface area contributed by atoms with Crippen molar-refractivity contribution in [2.45, 2.75) is 30.7 Å². The summed E-state index contributed by atoms with van der Waals surface area (Å²) < 4.78 is 50.3. The van der Waals surface area contributed by atoms with Crippen molar-refractivity contribution in [3.63, 3.8) is 0 Å². The van der Waals surface area contributed by atoms with Gasteiger partial charge in [-0.2, -0.15) is 0 Å². The molecule has 0 amide bonds. The molecule has 6 rings (SSSR count). The first-order valence-electron chi connectivity index (χ1n) is 12.6. The van der Waals surface area contributed by atoms with Crippen LogP contribution in [0.5, 0.6) is 0 Å². The summed E-state index contributed by atoms with van der Waals surface area (Å²) in [6.07, 6.45) is 4.45. The van der Waals surface area contributed by atoms with Gasteiger partial charge in [-0.15, -0.1) is 5.10 Å². The molecule has 38 heavy (non-hydrogen) atoms. The average molecular weight is 534 g/mol. The Hall–Kier alpha value is -3.63. The van der Waals surface area contributed by atoms with Gasteiger partial charge < -0.3 is 9.30 Å². The van der Waals surface area contributed by atoms with E-state index in [1.54, 1.807) is 16.9 Å². The molecule has 0 aliphatic carbocycles. The largest absolute Gasteiger partial charge is 0.381 e. The summed E-state index contributed by atoms with van der Waals surface area (Å²) in [4.78, 5) is 4.68. The smallest absolute Gasteiger partial charge is 0.175 e. The summed E-state index contributed by atoms with van der Waals surface area (Å²) in [5, 5.41) is 8.63. The van der Waals surface area contributed by atoms with Crippen molar-refractivity contribution >= 4 is 31.8 Å². The van der Waals surface area contributed by atoms with E-state index in [2.05, 4.69) is 27.0 Å². The Bertz CT molecular complexity index is 1750. The normalized spacial score (nSPS) is 15.9. The minimum Gasteiger partial charge on any atom is -0.381 e. The number of halogens is 1. The van der Waals surface area contributed by atoms with Gasteiger partial charge in [0, 0.05) is 38.3 Å². The number of sulfone groups is 1. The zero-order valence-electron chi connectivity index (χ0n) is 21.4. The van der Waals surface area contributed by atoms with Crippen LogP contribution < -0.4 is 0 Å². The van der Waals surface area contributed by atoms with E-state index in [1.165, 1.54) is 0 Å². The summed E-state index contributed by atoms with van der Waals surface area (Å²) in [7, 11) is -1.83. The second-order valence-corrected chi connectivity index (χ2v) is 12.0. The summed E-state index contributed by atoms with van der Waals surface area (Å²) >= 11 is 0. The van der Waals surface area contributed by atoms with Crippen LogP contribution in [0.2, 0.25) is 0 Å². The molecule has 1 unspecified atom stereocenters. The molecule has 4 heterocycles. The van der Waals surface area contributed by atoms with E-state index in [0.717, 1.165) is 53.2 Å². The number of fused-ring (bicyclic) bond motifs is 3. The van der Waals surface area contributed by atoms with Crippen LogP contribution in [0.4, 0.5) is 4.39 Å². The second-order valence-electron chi connectivity index (χ2n) is 9.99. The Balaban J connectivity index is 1.74. The minimum absolute atomic E-state index is 0.0581. The van der Waals surface area contributed by atoms with E-state index < -0.39 is 15.7 Å². The standard InChI is InChI=1S/C28H28FN5O3S/c1-17-27(33(2)32-31-17)20-13-24-26(30-16-20)25-22(29)14-21(38(3,35)36)15-23(25)34(24)28(18-7-5-4-6-8-18)19-9-11-37-12-10-19/h4-8,13-16,19,28H,9-12H2,1-3H3. The molecule has 8 nitrogen and oxygen atoms in total. The monoisotopic (exact) mass is 533 g/mol. The number of ether oxygens (including phenoxy) is 1. The zero-order valence-corrected chi connectivity index (χ0v) is 22.2. The van der Waals surface area contributed by atoms with Crippen molar-refractivity contribution in [3.05, 3.63) is 71.8 Å². The van der Waals surface area contributed by atoms with Gasteiger partial charge in [-0.25, -0.2) is 17.5 Å². The van der Waals surface area contributed by atoms with Crippen LogP contribution in [0, 0.1) is 18.7 Å². The molecule has 0 bridgehead atoms. The predicted molar refractivity (Wildman–Crippen MR) is 143 cm³/mol. The highest BCUT2D eigenvalue weighted by Crippen LogP contribution is 2.42. The van der Waals surface area contributed by atoms with Gasteiger partial charge in [0.2, 0.25) is 0 Å². The maximum absolute atomic E-state index is 15.8. The molecule has 1 aliphatic rings. The summed E-state index contributed by atoms with van der Waals surface area (Å²) in [5.74, 6) is -0.414. The van der Waals surface area contributed by atoms with Crippen LogP contribution in [0.25, 0.3) is 33.2 Å². The van der Waals surface area contributed by atoms with Gasteiger partial charge in [-0.3, -0.25) is 4.98 Å². The van der Waals surface area contributed by atoms with Gasteiger partial charge in [0.1, 0.15) is 5.82 Å². The fraction of sp³-hybridized carbons (Fsp3) is 0.321. The van der Waals surface area contributed by atoms with E-state index >= 15 is 4.39 Å². The molecule has 10 heteroatoms. The van der Waals surface area contributed by atoms with Crippen molar-refractivity contribution in [3.8, 4) is 11.3 Å². The maximum atomic E-state index is 15.8. The van der Waals surface area contributed by atoms with Crippen molar-refractivity contribution in [2.24, 2.45) is 13.0 Å². The van der Waals surface area contributed by atoms with Crippen molar-refractivity contribution < 1.29 is 17.5 Å². The lowest BCUT2D eigenvalue weighted by Crippen LogP contribution is -2.27. The van der Waals surface area contributed by atoms with E-state index in [-0.39, 0.29) is 16.9 Å². The Morgan fingerprint density at radius 2 is 1.82 bits per heavy atom. The van der Waals surface area contributed by atoms with E-state index in [1.807, 2.05) is 38.2 Å². The number of aryl methyl sites for hydroxylation is 2. The number of rotatable bonds is 5. The highest BCUT2D eigenvalue weighted by molar-refractivity contribution is 7.90. The molecule has 2 aromatic carbocycles. The van der Waals surface area contributed by atoms with Gasteiger partial charge in [-0.1, -0.05) is 35.5 Å². The third kappa shape index (κ3) is 4.08. The Morgan fingerprint density at radius 3 is 2.47 bits per heavy atom. The lowest BCUT2D eigenvalue weighted by Gasteiger charge is -2.33. The molecule has 0 spiro atoms. The number of benzene rings is 2. The van der Waals surface area contributed by atoms with E-state index in [4.69, 9.17) is 9.72 Å². The van der Waals surface area contributed by atoms with Crippen LogP contribution in [0.1, 0.15) is 30.1 Å². The summed E-state index contributed by atoms with van der Waals surface area (Å²) in [6, 6.07) is 14.6. The zero-order chi connectivity index (χ0) is 26.6. The Morgan fingerprint density at radius 1 is 1.08 bits per heavy atom. The van der Waals surface area contributed by atoms with Crippen LogP contribution in [0.3, 0.4) is 0 Å². The number of hydrogen-bond acceptors (Lipinski definition) is 6. The predicted octanol–water partition coefficient (Wildman–Crippen LogP) is 4.85. The first kappa shape index (κ1) is 24.7. The fourth-order valence-electron chi connectivity index (χ4n) is 5.76. The molecule has 1 atom stereocenters. The number of pyridine rings is 1. The molecular formula is C28H28FN5O3S. The molecule has 1 fully saturated rings. The SMILES string of the molecule is Cc1nnn(C)c1-c1cnc2c3c(F)cc(S(C)(=O)=O)cc3n(C(c3ccccc3)C3CCOCC3)c2c1. The van der Waals surface area contributed by atoms with Crippen LogP contribution in [-0.4, -0.2) is 52.4 Å². The maximum Gasteiger partial charge on any atom is 0.175 e. The van der Waals surface area contributed by atoms with E-state index in [9.17, 15) is 8.42 Å². The summed E-state index contributed by atoms with van der Waals surface area (Å²) in [6.45, 7) is 3.16. The topological polar surface area (TPSA) is 91.9 Å².